The molecule has 140 valence electrons. The van der Waals surface area contributed by atoms with Crippen LogP contribution in [0.1, 0.15) is 36.8 Å². The fraction of sp³-hybridized carbons (Fsp3) is 0.500. The molecule has 0 aliphatic carbocycles. The summed E-state index contributed by atoms with van der Waals surface area (Å²) in [6.45, 7) is 10.2. The van der Waals surface area contributed by atoms with Gasteiger partial charge in [-0.25, -0.2) is 4.98 Å². The van der Waals surface area contributed by atoms with Crippen LogP contribution in [-0.4, -0.2) is 63.6 Å². The van der Waals surface area contributed by atoms with Crippen LogP contribution in [0.5, 0.6) is 0 Å². The number of nitrogens with zero attached hydrogens (tertiary/aromatic N) is 3. The lowest BCUT2D eigenvalue weighted by Gasteiger charge is -2.41. The molecular weight excluding hydrogens is 330 g/mol. The summed E-state index contributed by atoms with van der Waals surface area (Å²) < 4.78 is 5.51. The molecule has 6 nitrogen and oxygen atoms in total. The molecule has 2 aromatic rings. The van der Waals surface area contributed by atoms with Crippen molar-refractivity contribution in [3.05, 3.63) is 41.9 Å². The highest BCUT2D eigenvalue weighted by Crippen LogP contribution is 2.25. The first-order chi connectivity index (χ1) is 12.2. The number of carbonyl (C=O) groups excluding carboxylic acids is 1. The first kappa shape index (κ1) is 18.6. The largest absolute Gasteiger partial charge is 0.443 e. The van der Waals surface area contributed by atoms with Crippen molar-refractivity contribution in [1.29, 1.82) is 0 Å². The summed E-state index contributed by atoms with van der Waals surface area (Å²) in [7, 11) is 0. The Morgan fingerprint density at radius 2 is 2.00 bits per heavy atom. The van der Waals surface area contributed by atoms with Crippen LogP contribution in [0, 0.1) is 6.92 Å². The zero-order valence-corrected chi connectivity index (χ0v) is 15.9. The standard InChI is InChI=1S/C20H27N3O3/c1-14-5-7-16(8-6-14)18-17(21-13-26-18)19(24)22-9-10-23(15(2)11-22)12-20(3,4)25/h5-8,13,15,25H,9-12H2,1-4H3. The molecule has 26 heavy (non-hydrogen) atoms. The van der Waals surface area contributed by atoms with Crippen LogP contribution in [0.15, 0.2) is 35.1 Å². The van der Waals surface area contributed by atoms with Gasteiger partial charge in [0.2, 0.25) is 0 Å². The van der Waals surface area contributed by atoms with Crippen LogP contribution in [0.2, 0.25) is 0 Å². The predicted molar refractivity (Wildman–Crippen MR) is 99.9 cm³/mol. The van der Waals surface area contributed by atoms with Crippen LogP contribution < -0.4 is 0 Å². The number of aryl methyl sites for hydroxylation is 1. The molecular formula is C20H27N3O3. The molecule has 1 N–H and O–H groups in total. The molecule has 1 aromatic carbocycles. The maximum Gasteiger partial charge on any atom is 0.276 e. The van der Waals surface area contributed by atoms with E-state index >= 15 is 0 Å². The number of aliphatic hydroxyl groups is 1. The number of β-amino-alcohol motifs (C(OH)–C–C–N with tert-alkyl or cyclic N) is 1. The molecule has 0 spiro atoms. The molecule has 0 radical (unpaired) electrons. The van der Waals surface area contributed by atoms with Gasteiger partial charge in [0.1, 0.15) is 0 Å². The van der Waals surface area contributed by atoms with E-state index in [0.717, 1.165) is 17.7 Å². The topological polar surface area (TPSA) is 69.8 Å². The Labute approximate surface area is 154 Å². The summed E-state index contributed by atoms with van der Waals surface area (Å²) in [5.41, 5.74) is 1.62. The van der Waals surface area contributed by atoms with Crippen molar-refractivity contribution in [2.45, 2.75) is 39.3 Å². The van der Waals surface area contributed by atoms with E-state index in [2.05, 4.69) is 16.8 Å². The highest BCUT2D eigenvalue weighted by molar-refractivity contribution is 5.97. The SMILES string of the molecule is Cc1ccc(-c2ocnc2C(=O)N2CCN(CC(C)(C)O)C(C)C2)cc1. The molecule has 1 aromatic heterocycles. The molecule has 3 rings (SSSR count). The van der Waals surface area contributed by atoms with Gasteiger partial charge in [0.25, 0.3) is 5.91 Å². The number of piperazine rings is 1. The number of hydrogen-bond donors (Lipinski definition) is 1. The van der Waals surface area contributed by atoms with E-state index < -0.39 is 5.60 Å². The number of aromatic nitrogens is 1. The molecule has 1 fully saturated rings. The fourth-order valence-electron chi connectivity index (χ4n) is 3.37. The first-order valence-electron chi connectivity index (χ1n) is 9.01. The van der Waals surface area contributed by atoms with Gasteiger partial charge in [-0.3, -0.25) is 9.69 Å². The number of hydrogen-bond acceptors (Lipinski definition) is 5. The summed E-state index contributed by atoms with van der Waals surface area (Å²) in [4.78, 5) is 21.2. The van der Waals surface area contributed by atoms with Gasteiger partial charge >= 0.3 is 0 Å². The second-order valence-electron chi connectivity index (χ2n) is 7.78. The van der Waals surface area contributed by atoms with Gasteiger partial charge in [-0.05, 0) is 27.7 Å². The van der Waals surface area contributed by atoms with E-state index in [4.69, 9.17) is 4.42 Å². The van der Waals surface area contributed by atoms with Gasteiger partial charge in [-0.1, -0.05) is 29.8 Å². The van der Waals surface area contributed by atoms with Crippen molar-refractivity contribution < 1.29 is 14.3 Å². The van der Waals surface area contributed by atoms with Crippen molar-refractivity contribution in [2.75, 3.05) is 26.2 Å². The van der Waals surface area contributed by atoms with Gasteiger partial charge in [-0.2, -0.15) is 0 Å². The lowest BCUT2D eigenvalue weighted by molar-refractivity contribution is -0.00153. The van der Waals surface area contributed by atoms with Crippen LogP contribution in [0.25, 0.3) is 11.3 Å². The lowest BCUT2D eigenvalue weighted by atomic mass is 10.1. The maximum atomic E-state index is 13.0. The Kier molecular flexibility index (Phi) is 5.16. The Morgan fingerprint density at radius 1 is 1.31 bits per heavy atom. The van der Waals surface area contributed by atoms with Gasteiger partial charge in [0, 0.05) is 37.8 Å². The second kappa shape index (κ2) is 7.21. The van der Waals surface area contributed by atoms with Crippen molar-refractivity contribution in [2.24, 2.45) is 0 Å². The maximum absolute atomic E-state index is 13.0. The number of amides is 1. The number of rotatable bonds is 4. The van der Waals surface area contributed by atoms with E-state index in [1.54, 1.807) is 13.8 Å². The first-order valence-corrected chi connectivity index (χ1v) is 9.01. The minimum atomic E-state index is -0.745. The third kappa shape index (κ3) is 4.14. The molecule has 1 atom stereocenters. The lowest BCUT2D eigenvalue weighted by Crippen LogP contribution is -2.56. The second-order valence-corrected chi connectivity index (χ2v) is 7.78. The zero-order chi connectivity index (χ0) is 18.9. The highest BCUT2D eigenvalue weighted by atomic mass is 16.3. The van der Waals surface area contributed by atoms with E-state index in [1.807, 2.05) is 36.1 Å². The van der Waals surface area contributed by atoms with E-state index in [0.29, 0.717) is 31.1 Å². The van der Waals surface area contributed by atoms with Crippen molar-refractivity contribution >= 4 is 5.91 Å². The summed E-state index contributed by atoms with van der Waals surface area (Å²) in [5, 5.41) is 10.1. The van der Waals surface area contributed by atoms with Gasteiger partial charge in [0.15, 0.2) is 17.8 Å². The van der Waals surface area contributed by atoms with E-state index in [1.165, 1.54) is 6.39 Å². The van der Waals surface area contributed by atoms with Crippen LogP contribution in [0.4, 0.5) is 0 Å². The fourth-order valence-corrected chi connectivity index (χ4v) is 3.37. The third-order valence-electron chi connectivity index (χ3n) is 4.73. The monoisotopic (exact) mass is 357 g/mol. The molecule has 1 aliphatic heterocycles. The summed E-state index contributed by atoms with van der Waals surface area (Å²) in [5.74, 6) is 0.408. The predicted octanol–water partition coefficient (Wildman–Crippen LogP) is 2.57. The van der Waals surface area contributed by atoms with Crippen LogP contribution >= 0.6 is 0 Å². The molecule has 0 saturated carbocycles. The van der Waals surface area contributed by atoms with Crippen LogP contribution in [0.3, 0.4) is 0 Å². The van der Waals surface area contributed by atoms with Crippen molar-refractivity contribution in [3.63, 3.8) is 0 Å². The summed E-state index contributed by atoms with van der Waals surface area (Å²) in [6, 6.07) is 8.04. The molecule has 1 amide bonds. The minimum Gasteiger partial charge on any atom is -0.443 e. The van der Waals surface area contributed by atoms with E-state index in [9.17, 15) is 9.90 Å². The molecule has 1 aliphatic rings. The average Bonchev–Trinajstić information content (AvgIpc) is 3.05. The molecule has 2 heterocycles. The molecule has 1 saturated heterocycles. The van der Waals surface area contributed by atoms with Crippen molar-refractivity contribution in [1.82, 2.24) is 14.8 Å². The number of carbonyl (C=O) groups is 1. The zero-order valence-electron chi connectivity index (χ0n) is 15.9. The van der Waals surface area contributed by atoms with Gasteiger partial charge in [0.05, 0.1) is 5.60 Å². The van der Waals surface area contributed by atoms with Crippen molar-refractivity contribution in [3.8, 4) is 11.3 Å². The normalized spacial score (nSPS) is 19.0. The Bertz CT molecular complexity index is 761. The van der Waals surface area contributed by atoms with Gasteiger partial charge in [-0.15, -0.1) is 0 Å². The summed E-state index contributed by atoms with van der Waals surface area (Å²) in [6.07, 6.45) is 1.33. The Morgan fingerprint density at radius 3 is 2.62 bits per heavy atom. The Balaban J connectivity index is 1.73. The Hall–Kier alpha value is -2.18. The smallest absolute Gasteiger partial charge is 0.276 e. The third-order valence-corrected chi connectivity index (χ3v) is 4.73. The van der Waals surface area contributed by atoms with Crippen LogP contribution in [-0.2, 0) is 0 Å². The summed E-state index contributed by atoms with van der Waals surface area (Å²) >= 11 is 0. The average molecular weight is 357 g/mol. The number of benzene rings is 1. The highest BCUT2D eigenvalue weighted by Gasteiger charge is 2.32. The molecule has 1 unspecified atom stereocenters. The van der Waals surface area contributed by atoms with Gasteiger partial charge < -0.3 is 14.4 Å². The van der Waals surface area contributed by atoms with E-state index in [-0.39, 0.29) is 11.9 Å². The number of oxazole rings is 1. The molecule has 0 bridgehead atoms. The molecule has 6 heteroatoms. The quantitative estimate of drug-likeness (QED) is 0.911. The minimum absolute atomic E-state index is 0.107.